The summed E-state index contributed by atoms with van der Waals surface area (Å²) in [5.74, 6) is -0.552. The highest BCUT2D eigenvalue weighted by molar-refractivity contribution is 7.88. The number of hydrogen-bond acceptors (Lipinski definition) is 3. The molecule has 0 spiro atoms. The zero-order valence-corrected chi connectivity index (χ0v) is 13.6. The number of amides is 1. The Bertz CT molecular complexity index is 663. The van der Waals surface area contributed by atoms with Gasteiger partial charge in [0.05, 0.1) is 11.7 Å². The SMILES string of the molecule is C[C@@]1(C(=O)NCc2cccc(F)c2)CCCN(S(C)(=O)=O)C1. The van der Waals surface area contributed by atoms with Crippen molar-refractivity contribution in [2.45, 2.75) is 26.3 Å². The van der Waals surface area contributed by atoms with Gasteiger partial charge >= 0.3 is 0 Å². The molecule has 1 atom stereocenters. The molecule has 2 rings (SSSR count). The molecule has 1 aliphatic heterocycles. The van der Waals surface area contributed by atoms with E-state index >= 15 is 0 Å². The Morgan fingerprint density at radius 1 is 1.45 bits per heavy atom. The molecule has 1 heterocycles. The molecular weight excluding hydrogens is 307 g/mol. The number of halogens is 1. The van der Waals surface area contributed by atoms with Crippen LogP contribution in [0.15, 0.2) is 24.3 Å². The second-order valence-corrected chi connectivity index (χ2v) is 8.06. The molecule has 122 valence electrons. The first kappa shape index (κ1) is 16.9. The number of carbonyl (C=O) groups is 1. The van der Waals surface area contributed by atoms with Gasteiger partial charge in [0.2, 0.25) is 15.9 Å². The number of carbonyl (C=O) groups excluding carboxylic acids is 1. The zero-order valence-electron chi connectivity index (χ0n) is 12.8. The highest BCUT2D eigenvalue weighted by Gasteiger charge is 2.40. The zero-order chi connectivity index (χ0) is 16.4. The largest absolute Gasteiger partial charge is 0.352 e. The minimum Gasteiger partial charge on any atom is -0.352 e. The van der Waals surface area contributed by atoms with Gasteiger partial charge in [-0.3, -0.25) is 4.79 Å². The van der Waals surface area contributed by atoms with Gasteiger partial charge in [-0.05, 0) is 37.5 Å². The number of piperidine rings is 1. The Hall–Kier alpha value is -1.47. The van der Waals surface area contributed by atoms with Gasteiger partial charge in [-0.25, -0.2) is 17.1 Å². The summed E-state index contributed by atoms with van der Waals surface area (Å²) in [5.41, 5.74) is -0.0815. The second kappa shape index (κ2) is 6.34. The van der Waals surface area contributed by atoms with Gasteiger partial charge in [-0.1, -0.05) is 12.1 Å². The molecule has 1 N–H and O–H groups in total. The normalized spacial score (nSPS) is 23.2. The van der Waals surface area contributed by atoms with Gasteiger partial charge in [0.1, 0.15) is 5.82 Å². The fourth-order valence-corrected chi connectivity index (χ4v) is 3.68. The Labute approximate surface area is 130 Å². The molecule has 1 saturated heterocycles. The summed E-state index contributed by atoms with van der Waals surface area (Å²) in [6.45, 7) is 2.63. The molecule has 1 aliphatic rings. The fraction of sp³-hybridized carbons (Fsp3) is 0.533. The van der Waals surface area contributed by atoms with Gasteiger partial charge < -0.3 is 5.32 Å². The number of nitrogens with one attached hydrogen (secondary N) is 1. The van der Waals surface area contributed by atoms with Crippen molar-refractivity contribution >= 4 is 15.9 Å². The summed E-state index contributed by atoms with van der Waals surface area (Å²) in [6, 6.07) is 6.03. The lowest BCUT2D eigenvalue weighted by atomic mass is 9.82. The van der Waals surface area contributed by atoms with Gasteiger partial charge in [-0.15, -0.1) is 0 Å². The van der Waals surface area contributed by atoms with Crippen molar-refractivity contribution in [1.82, 2.24) is 9.62 Å². The first-order valence-electron chi connectivity index (χ1n) is 7.19. The Morgan fingerprint density at radius 3 is 2.82 bits per heavy atom. The van der Waals surface area contributed by atoms with Gasteiger partial charge in [0.15, 0.2) is 0 Å². The summed E-state index contributed by atoms with van der Waals surface area (Å²) in [5, 5.41) is 2.78. The van der Waals surface area contributed by atoms with Crippen molar-refractivity contribution in [1.29, 1.82) is 0 Å². The molecule has 1 aromatic rings. The summed E-state index contributed by atoms with van der Waals surface area (Å²) >= 11 is 0. The molecule has 0 bridgehead atoms. The maximum absolute atomic E-state index is 13.1. The number of hydrogen-bond donors (Lipinski definition) is 1. The first-order chi connectivity index (χ1) is 10.2. The van der Waals surface area contributed by atoms with Crippen LogP contribution < -0.4 is 5.32 Å². The van der Waals surface area contributed by atoms with Gasteiger partial charge in [0.25, 0.3) is 0 Å². The van der Waals surface area contributed by atoms with E-state index in [4.69, 9.17) is 0 Å². The topological polar surface area (TPSA) is 66.5 Å². The van der Waals surface area contributed by atoms with Crippen LogP contribution in [0.25, 0.3) is 0 Å². The van der Waals surface area contributed by atoms with Crippen LogP contribution in [0.5, 0.6) is 0 Å². The monoisotopic (exact) mass is 328 g/mol. The maximum Gasteiger partial charge on any atom is 0.227 e. The van der Waals surface area contributed by atoms with Crippen LogP contribution in [-0.2, 0) is 21.4 Å². The van der Waals surface area contributed by atoms with Crippen LogP contribution in [0.2, 0.25) is 0 Å². The van der Waals surface area contributed by atoms with Crippen molar-refractivity contribution in [3.05, 3.63) is 35.6 Å². The van der Waals surface area contributed by atoms with E-state index in [1.807, 2.05) is 0 Å². The summed E-state index contributed by atoms with van der Waals surface area (Å²) in [4.78, 5) is 12.4. The van der Waals surface area contributed by atoms with Crippen LogP contribution in [0.4, 0.5) is 4.39 Å². The molecular formula is C15H21FN2O3S. The van der Waals surface area contributed by atoms with E-state index in [0.717, 1.165) is 6.26 Å². The summed E-state index contributed by atoms with van der Waals surface area (Å²) in [7, 11) is -3.30. The number of nitrogens with zero attached hydrogens (tertiary/aromatic N) is 1. The lowest BCUT2D eigenvalue weighted by molar-refractivity contribution is -0.132. The van der Waals surface area contributed by atoms with Crippen molar-refractivity contribution in [2.24, 2.45) is 5.41 Å². The third-order valence-electron chi connectivity index (χ3n) is 4.02. The molecule has 0 saturated carbocycles. The predicted octanol–water partition coefficient (Wildman–Crippen LogP) is 1.50. The van der Waals surface area contributed by atoms with Crippen LogP contribution in [0.3, 0.4) is 0 Å². The fourth-order valence-electron chi connectivity index (χ4n) is 2.70. The van der Waals surface area contributed by atoms with Crippen molar-refractivity contribution < 1.29 is 17.6 Å². The average molecular weight is 328 g/mol. The van der Waals surface area contributed by atoms with E-state index < -0.39 is 15.4 Å². The lowest BCUT2D eigenvalue weighted by Gasteiger charge is -2.38. The molecule has 0 radical (unpaired) electrons. The molecule has 22 heavy (non-hydrogen) atoms. The number of sulfonamides is 1. The van der Waals surface area contributed by atoms with E-state index in [1.54, 1.807) is 19.1 Å². The van der Waals surface area contributed by atoms with Crippen LogP contribution in [0.1, 0.15) is 25.3 Å². The number of benzene rings is 1. The third kappa shape index (κ3) is 4.04. The first-order valence-corrected chi connectivity index (χ1v) is 9.03. The quantitative estimate of drug-likeness (QED) is 0.911. The standard InChI is InChI=1S/C15H21FN2O3S/c1-15(7-4-8-18(11-15)22(2,20)21)14(19)17-10-12-5-3-6-13(16)9-12/h3,5-6,9H,4,7-8,10-11H2,1-2H3,(H,17,19)/t15-/m1/s1. The molecule has 0 unspecified atom stereocenters. The summed E-state index contributed by atoms with van der Waals surface area (Å²) < 4.78 is 37.8. The average Bonchev–Trinajstić information content (AvgIpc) is 2.44. The Kier molecular flexibility index (Phi) is 4.87. The molecule has 1 amide bonds. The van der Waals surface area contributed by atoms with E-state index in [1.165, 1.54) is 16.4 Å². The molecule has 0 aromatic heterocycles. The van der Waals surface area contributed by atoms with E-state index in [9.17, 15) is 17.6 Å². The van der Waals surface area contributed by atoms with Crippen LogP contribution in [0, 0.1) is 11.2 Å². The third-order valence-corrected chi connectivity index (χ3v) is 5.27. The molecule has 1 fully saturated rings. The minimum atomic E-state index is -3.30. The van der Waals surface area contributed by atoms with Crippen molar-refractivity contribution in [2.75, 3.05) is 19.3 Å². The van der Waals surface area contributed by atoms with E-state index in [-0.39, 0.29) is 24.8 Å². The second-order valence-electron chi connectivity index (χ2n) is 6.07. The Morgan fingerprint density at radius 2 is 2.18 bits per heavy atom. The smallest absolute Gasteiger partial charge is 0.227 e. The number of rotatable bonds is 4. The van der Waals surface area contributed by atoms with E-state index in [2.05, 4.69) is 5.32 Å². The predicted molar refractivity (Wildman–Crippen MR) is 82.0 cm³/mol. The molecule has 5 nitrogen and oxygen atoms in total. The molecule has 7 heteroatoms. The van der Waals surface area contributed by atoms with E-state index in [0.29, 0.717) is 24.9 Å². The van der Waals surface area contributed by atoms with Gasteiger partial charge in [-0.2, -0.15) is 0 Å². The molecule has 1 aromatic carbocycles. The van der Waals surface area contributed by atoms with Crippen LogP contribution >= 0.6 is 0 Å². The highest BCUT2D eigenvalue weighted by atomic mass is 32.2. The lowest BCUT2D eigenvalue weighted by Crippen LogP contribution is -2.51. The van der Waals surface area contributed by atoms with Gasteiger partial charge in [0, 0.05) is 19.6 Å². The van der Waals surface area contributed by atoms with Crippen LogP contribution in [-0.4, -0.2) is 38.0 Å². The maximum atomic E-state index is 13.1. The minimum absolute atomic E-state index is 0.181. The Balaban J connectivity index is 2.01. The molecule has 0 aliphatic carbocycles. The summed E-state index contributed by atoms with van der Waals surface area (Å²) in [6.07, 6.45) is 2.44. The van der Waals surface area contributed by atoms with Crippen molar-refractivity contribution in [3.63, 3.8) is 0 Å². The highest BCUT2D eigenvalue weighted by Crippen LogP contribution is 2.31. The van der Waals surface area contributed by atoms with Crippen molar-refractivity contribution in [3.8, 4) is 0 Å².